The molecule has 0 bridgehead atoms. The van der Waals surface area contributed by atoms with Gasteiger partial charge in [0.1, 0.15) is 0 Å². The quantitative estimate of drug-likeness (QED) is 0.487. The first kappa shape index (κ1) is 30.9. The molecule has 0 aliphatic rings. The molecule has 0 spiro atoms. The molecule has 0 amide bonds. The predicted molar refractivity (Wildman–Crippen MR) is 43.8 cm³/mol. The summed E-state index contributed by atoms with van der Waals surface area (Å²) in [7, 11) is 0. The molecule has 0 saturated carbocycles. The fraction of sp³-hybridized carbons (Fsp3) is 0. The fourth-order valence-corrected chi connectivity index (χ4v) is 1.30. The first-order chi connectivity index (χ1) is 8.25. The molecule has 0 fully saturated rings. The molecule has 1 rings (SSSR count). The van der Waals surface area contributed by atoms with Gasteiger partial charge in [-0.2, -0.15) is 0 Å². The molecule has 0 atom stereocenters. The van der Waals surface area contributed by atoms with Crippen LogP contribution in [-0.2, 0) is 0 Å². The van der Waals surface area contributed by atoms with E-state index in [1.54, 1.807) is 0 Å². The number of carbonyl (C=O) groups is 4. The van der Waals surface area contributed by atoms with Crippen molar-refractivity contribution in [2.24, 2.45) is 0 Å². The van der Waals surface area contributed by atoms with E-state index in [2.05, 4.69) is 0 Å². The minimum Gasteiger partial charge on any atom is -0.545 e. The van der Waals surface area contributed by atoms with Crippen molar-refractivity contribution in [3.63, 3.8) is 0 Å². The summed E-state index contributed by atoms with van der Waals surface area (Å²) in [6.07, 6.45) is 0. The molecule has 0 unspecified atom stereocenters. The first-order valence-corrected chi connectivity index (χ1v) is 4.29. The Kier molecular flexibility index (Phi) is 18.8. The topological polar surface area (TPSA) is 161 Å². The molecule has 94 valence electrons. The maximum Gasteiger partial charge on any atom is 1.00 e. The van der Waals surface area contributed by atoms with Crippen LogP contribution in [0.2, 0.25) is 0 Å². The van der Waals surface area contributed by atoms with Gasteiger partial charge in [-0.1, -0.05) is 0 Å². The Labute approximate surface area is 212 Å². The van der Waals surface area contributed by atoms with Crippen molar-refractivity contribution in [1.82, 2.24) is 0 Å². The van der Waals surface area contributed by atoms with Crippen LogP contribution >= 0.6 is 0 Å². The van der Waals surface area contributed by atoms with Gasteiger partial charge in [0.15, 0.2) is 0 Å². The third-order valence-corrected chi connectivity index (χ3v) is 2.02. The van der Waals surface area contributed by atoms with E-state index in [9.17, 15) is 39.6 Å². The zero-order chi connectivity index (χ0) is 14.0. The van der Waals surface area contributed by atoms with E-state index in [4.69, 9.17) is 0 Å². The van der Waals surface area contributed by atoms with Crippen molar-refractivity contribution < 1.29 is 158 Å². The van der Waals surface area contributed by atoms with Crippen molar-refractivity contribution in [2.75, 3.05) is 0 Å². The van der Waals surface area contributed by atoms with Crippen LogP contribution in [-0.4, -0.2) is 23.9 Å². The zero-order valence-corrected chi connectivity index (χ0v) is 20.4. The molecule has 8 nitrogen and oxygen atoms in total. The van der Waals surface area contributed by atoms with E-state index in [1.165, 1.54) is 0 Å². The molecule has 0 N–H and O–H groups in total. The average Bonchev–Trinajstić information content (AvgIpc) is 2.26. The Morgan fingerprint density at radius 3 is 1.09 bits per heavy atom. The molecule has 0 aliphatic carbocycles. The molecule has 22 heavy (non-hydrogen) atoms. The largest absolute Gasteiger partial charge is 1.00 e. The third kappa shape index (κ3) is 7.78. The van der Waals surface area contributed by atoms with Crippen molar-refractivity contribution in [2.45, 2.75) is 0 Å². The first-order valence-electron chi connectivity index (χ1n) is 4.29. The molecule has 0 aliphatic heterocycles. The minimum atomic E-state index is -2.11. The second-order valence-corrected chi connectivity index (χ2v) is 3.10. The van der Waals surface area contributed by atoms with Crippen molar-refractivity contribution in [3.05, 3.63) is 34.4 Å². The van der Waals surface area contributed by atoms with Gasteiger partial charge in [-0.25, -0.2) is 0 Å². The summed E-state index contributed by atoms with van der Waals surface area (Å²) in [5.74, 6) is -8.14. The Bertz CT molecular complexity index is 551. The second kappa shape index (κ2) is 13.4. The summed E-state index contributed by atoms with van der Waals surface area (Å²) in [5, 5.41) is 42.5. The summed E-state index contributed by atoms with van der Waals surface area (Å²) in [6, 6.07) is 0.810. The van der Waals surface area contributed by atoms with Crippen molar-refractivity contribution in [3.8, 4) is 0 Å². The smallest absolute Gasteiger partial charge is 0.545 e. The van der Waals surface area contributed by atoms with Gasteiger partial charge in [0.05, 0.1) is 23.9 Å². The number of rotatable bonds is 4. The number of carboxylic acid groups (broad SMARTS) is 4. The Morgan fingerprint density at radius 2 is 0.909 bits per heavy atom. The Morgan fingerprint density at radius 1 is 0.591 bits per heavy atom. The molecule has 0 heterocycles. The fourth-order valence-electron chi connectivity index (χ4n) is 1.30. The standard InChI is InChI=1S/C10H6O8.4Na/c11-7(12)3-1-4(8(13)14)6(10(17)18)5(2-3)9(15)16;;;;/h1-2H,(H,11,12)(H,13,14)(H,15,16)(H,17,18);;;;/q;4*+1/p-4. The van der Waals surface area contributed by atoms with Gasteiger partial charge >= 0.3 is 118 Å². The van der Waals surface area contributed by atoms with E-state index >= 15 is 0 Å². The van der Waals surface area contributed by atoms with Crippen LogP contribution in [0.25, 0.3) is 0 Å². The van der Waals surface area contributed by atoms with Crippen LogP contribution in [0.4, 0.5) is 0 Å². The van der Waals surface area contributed by atoms with E-state index < -0.39 is 46.1 Å². The van der Waals surface area contributed by atoms with Crippen molar-refractivity contribution >= 4 is 23.9 Å². The molecule has 0 saturated heterocycles. The number of aromatic carboxylic acids is 4. The van der Waals surface area contributed by atoms with Gasteiger partial charge in [0.2, 0.25) is 0 Å². The normalized spacial score (nSPS) is 8.00. The van der Waals surface area contributed by atoms with Gasteiger partial charge in [-0.15, -0.1) is 0 Å². The molecule has 0 radical (unpaired) electrons. The molecular formula is C10H2Na4O8. The van der Waals surface area contributed by atoms with Gasteiger partial charge < -0.3 is 39.6 Å². The molecule has 12 heteroatoms. The third-order valence-electron chi connectivity index (χ3n) is 2.02. The number of hydrogen-bond donors (Lipinski definition) is 0. The van der Waals surface area contributed by atoms with Gasteiger partial charge in [0.25, 0.3) is 0 Å². The van der Waals surface area contributed by atoms with Gasteiger partial charge in [-0.3, -0.25) is 0 Å². The SMILES string of the molecule is O=C([O-])c1cc(C(=O)[O-])c(C(=O)[O-])c(C(=O)[O-])c1.[Na+].[Na+].[Na+].[Na+]. The van der Waals surface area contributed by atoms with E-state index in [-0.39, 0.29) is 118 Å². The Balaban J connectivity index is -0.000000405. The number of benzene rings is 1. The monoisotopic (exact) mass is 342 g/mol. The van der Waals surface area contributed by atoms with Crippen LogP contribution in [0, 0.1) is 0 Å². The average molecular weight is 342 g/mol. The van der Waals surface area contributed by atoms with Gasteiger partial charge in [0, 0.05) is 16.7 Å². The van der Waals surface area contributed by atoms with E-state index in [0.717, 1.165) is 0 Å². The van der Waals surface area contributed by atoms with Crippen LogP contribution in [0.1, 0.15) is 41.4 Å². The second-order valence-electron chi connectivity index (χ2n) is 3.10. The molecule has 1 aromatic carbocycles. The summed E-state index contributed by atoms with van der Waals surface area (Å²) >= 11 is 0. The summed E-state index contributed by atoms with van der Waals surface area (Å²) in [5.41, 5.74) is -4.34. The number of carboxylic acids is 4. The number of carbonyl (C=O) groups excluding carboxylic acids is 4. The van der Waals surface area contributed by atoms with Crippen LogP contribution in [0.5, 0.6) is 0 Å². The summed E-state index contributed by atoms with van der Waals surface area (Å²) < 4.78 is 0. The number of hydrogen-bond acceptors (Lipinski definition) is 8. The van der Waals surface area contributed by atoms with Gasteiger partial charge in [-0.05, 0) is 17.7 Å². The minimum absolute atomic E-state index is 0. The molecule has 0 aromatic heterocycles. The van der Waals surface area contributed by atoms with Crippen molar-refractivity contribution in [1.29, 1.82) is 0 Å². The van der Waals surface area contributed by atoms with Crippen LogP contribution < -0.4 is 139 Å². The van der Waals surface area contributed by atoms with E-state index in [1.807, 2.05) is 0 Å². The maximum atomic E-state index is 10.7. The van der Waals surface area contributed by atoms with Crippen LogP contribution in [0.3, 0.4) is 0 Å². The van der Waals surface area contributed by atoms with E-state index in [0.29, 0.717) is 12.1 Å². The zero-order valence-electron chi connectivity index (χ0n) is 12.4. The van der Waals surface area contributed by atoms with Crippen LogP contribution in [0.15, 0.2) is 12.1 Å². The summed E-state index contributed by atoms with van der Waals surface area (Å²) in [4.78, 5) is 42.5. The molecule has 1 aromatic rings. The summed E-state index contributed by atoms with van der Waals surface area (Å²) in [6.45, 7) is 0. The maximum absolute atomic E-state index is 10.7. The Hall–Kier alpha value is 1.10. The molecular weight excluding hydrogens is 340 g/mol. The predicted octanol–water partition coefficient (Wildman–Crippen LogP) is -16.8.